The molecule has 0 spiro atoms. The molecule has 2 atom stereocenters. The zero-order valence-corrected chi connectivity index (χ0v) is 10.4. The summed E-state index contributed by atoms with van der Waals surface area (Å²) < 4.78 is 35.7. The van der Waals surface area contributed by atoms with E-state index >= 15 is 0 Å². The number of halogens is 3. The molecule has 108 valence electrons. The number of rotatable bonds is 4. The van der Waals surface area contributed by atoms with E-state index in [0.717, 1.165) is 4.90 Å². The van der Waals surface area contributed by atoms with Crippen LogP contribution >= 0.6 is 0 Å². The Balaban J connectivity index is 2.47. The first kappa shape index (κ1) is 15.4. The highest BCUT2D eigenvalue weighted by atomic mass is 19.4. The number of amides is 3. The van der Waals surface area contributed by atoms with Gasteiger partial charge in [0.15, 0.2) is 0 Å². The molecule has 2 unspecified atom stereocenters. The Bertz CT molecular complexity index is 397. The molecule has 1 fully saturated rings. The number of likely N-dealkylation sites (N-methyl/N-ethyl adjacent to an activating group) is 1. The molecule has 1 aliphatic rings. The fraction of sp³-hybridized carbons (Fsp3) is 0.700. The minimum atomic E-state index is -4.49. The van der Waals surface area contributed by atoms with Crippen LogP contribution < -0.4 is 10.6 Å². The van der Waals surface area contributed by atoms with E-state index in [1.165, 1.54) is 14.0 Å². The lowest BCUT2D eigenvalue weighted by atomic mass is 10.2. The van der Waals surface area contributed by atoms with Crippen molar-refractivity contribution in [2.45, 2.75) is 31.6 Å². The molecule has 0 radical (unpaired) electrons. The molecular formula is C10H14F3N3O3. The Kier molecular flexibility index (Phi) is 4.51. The Labute approximate surface area is 107 Å². The highest BCUT2D eigenvalue weighted by molar-refractivity contribution is 6.05. The standard InChI is InChI=1S/C10H14F3N3O3/c1-5(8(18)14-4-10(11,12)13)15-6-3-7(17)16(2)9(6)19/h5-6,15H,3-4H2,1-2H3,(H,14,18). The zero-order valence-electron chi connectivity index (χ0n) is 10.4. The molecule has 0 aromatic carbocycles. The van der Waals surface area contributed by atoms with Gasteiger partial charge in [0.1, 0.15) is 6.54 Å². The van der Waals surface area contributed by atoms with Gasteiger partial charge in [0.05, 0.1) is 18.5 Å². The molecule has 0 bridgehead atoms. The first-order chi connectivity index (χ1) is 8.61. The number of carbonyl (C=O) groups is 3. The molecule has 9 heteroatoms. The average Bonchev–Trinajstić information content (AvgIpc) is 2.53. The van der Waals surface area contributed by atoms with Crippen molar-refractivity contribution in [2.75, 3.05) is 13.6 Å². The predicted octanol–water partition coefficient (Wildman–Crippen LogP) is -0.600. The summed E-state index contributed by atoms with van der Waals surface area (Å²) in [5.41, 5.74) is 0. The Morgan fingerprint density at radius 3 is 2.47 bits per heavy atom. The van der Waals surface area contributed by atoms with Crippen molar-refractivity contribution in [3.63, 3.8) is 0 Å². The number of nitrogens with zero attached hydrogens (tertiary/aromatic N) is 1. The van der Waals surface area contributed by atoms with Crippen LogP contribution in [0.4, 0.5) is 13.2 Å². The third kappa shape index (κ3) is 4.19. The average molecular weight is 281 g/mol. The van der Waals surface area contributed by atoms with Crippen LogP contribution in [0.3, 0.4) is 0 Å². The number of imide groups is 1. The van der Waals surface area contributed by atoms with E-state index in [9.17, 15) is 27.6 Å². The van der Waals surface area contributed by atoms with E-state index in [2.05, 4.69) is 5.32 Å². The van der Waals surface area contributed by atoms with Crippen LogP contribution in [-0.4, -0.2) is 54.5 Å². The summed E-state index contributed by atoms with van der Waals surface area (Å²) in [6, 6.07) is -1.88. The Morgan fingerprint density at radius 1 is 1.47 bits per heavy atom. The van der Waals surface area contributed by atoms with E-state index in [4.69, 9.17) is 0 Å². The summed E-state index contributed by atoms with van der Waals surface area (Å²) in [5, 5.41) is 4.23. The van der Waals surface area contributed by atoms with E-state index in [1.807, 2.05) is 0 Å². The predicted molar refractivity (Wildman–Crippen MR) is 57.8 cm³/mol. The molecule has 2 N–H and O–H groups in total. The van der Waals surface area contributed by atoms with E-state index in [1.54, 1.807) is 5.32 Å². The molecule has 0 saturated carbocycles. The topological polar surface area (TPSA) is 78.5 Å². The van der Waals surface area contributed by atoms with Crippen LogP contribution in [0.25, 0.3) is 0 Å². The van der Waals surface area contributed by atoms with Gasteiger partial charge in [0.25, 0.3) is 0 Å². The number of nitrogens with one attached hydrogen (secondary N) is 2. The van der Waals surface area contributed by atoms with Gasteiger partial charge >= 0.3 is 6.18 Å². The molecule has 1 rings (SSSR count). The summed E-state index contributed by atoms with van der Waals surface area (Å²) >= 11 is 0. The van der Waals surface area contributed by atoms with Gasteiger partial charge in [-0.15, -0.1) is 0 Å². The minimum Gasteiger partial charge on any atom is -0.346 e. The van der Waals surface area contributed by atoms with Gasteiger partial charge in [0, 0.05) is 7.05 Å². The lowest BCUT2D eigenvalue weighted by Crippen LogP contribution is -2.50. The Morgan fingerprint density at radius 2 is 2.05 bits per heavy atom. The SMILES string of the molecule is CC(NC1CC(=O)N(C)C1=O)C(=O)NCC(F)(F)F. The molecule has 0 aliphatic carbocycles. The second-order valence-electron chi connectivity index (χ2n) is 4.27. The maximum absolute atomic E-state index is 11.9. The fourth-order valence-corrected chi connectivity index (χ4v) is 1.60. The van der Waals surface area contributed by atoms with Crippen molar-refractivity contribution in [3.8, 4) is 0 Å². The van der Waals surface area contributed by atoms with Gasteiger partial charge in [-0.3, -0.25) is 24.6 Å². The van der Waals surface area contributed by atoms with Crippen molar-refractivity contribution in [1.82, 2.24) is 15.5 Å². The van der Waals surface area contributed by atoms with Crippen molar-refractivity contribution in [2.24, 2.45) is 0 Å². The highest BCUT2D eigenvalue weighted by Gasteiger charge is 2.37. The summed E-state index contributed by atoms with van der Waals surface area (Å²) in [6.45, 7) is -0.114. The van der Waals surface area contributed by atoms with Gasteiger partial charge in [-0.25, -0.2) is 0 Å². The van der Waals surface area contributed by atoms with Crippen molar-refractivity contribution >= 4 is 17.7 Å². The molecule has 0 aromatic heterocycles. The van der Waals surface area contributed by atoms with Crippen molar-refractivity contribution < 1.29 is 27.6 Å². The number of alkyl halides is 3. The Hall–Kier alpha value is -1.64. The van der Waals surface area contributed by atoms with Crippen LogP contribution in [0.1, 0.15) is 13.3 Å². The molecule has 0 aromatic rings. The third-order valence-electron chi connectivity index (χ3n) is 2.69. The molecule has 19 heavy (non-hydrogen) atoms. The number of carbonyl (C=O) groups excluding carboxylic acids is 3. The lowest BCUT2D eigenvalue weighted by molar-refractivity contribution is -0.140. The molecule has 1 aliphatic heterocycles. The van der Waals surface area contributed by atoms with E-state index in [0.29, 0.717) is 0 Å². The highest BCUT2D eigenvalue weighted by Crippen LogP contribution is 2.13. The summed E-state index contributed by atoms with van der Waals surface area (Å²) in [7, 11) is 1.31. The van der Waals surface area contributed by atoms with Gasteiger partial charge < -0.3 is 5.32 Å². The van der Waals surface area contributed by atoms with Crippen molar-refractivity contribution in [3.05, 3.63) is 0 Å². The van der Waals surface area contributed by atoms with Gasteiger partial charge in [0.2, 0.25) is 17.7 Å². The first-order valence-corrected chi connectivity index (χ1v) is 5.52. The van der Waals surface area contributed by atoms with Crippen LogP contribution in [0.2, 0.25) is 0 Å². The van der Waals surface area contributed by atoms with Crippen molar-refractivity contribution in [1.29, 1.82) is 0 Å². The van der Waals surface area contributed by atoms with Crippen LogP contribution in [0.15, 0.2) is 0 Å². The third-order valence-corrected chi connectivity index (χ3v) is 2.69. The number of hydrogen-bond donors (Lipinski definition) is 2. The van der Waals surface area contributed by atoms with E-state index in [-0.39, 0.29) is 6.42 Å². The van der Waals surface area contributed by atoms with E-state index < -0.39 is 42.5 Å². The van der Waals surface area contributed by atoms with Crippen LogP contribution in [-0.2, 0) is 14.4 Å². The number of likely N-dealkylation sites (tertiary alicyclic amines) is 1. The second kappa shape index (κ2) is 5.55. The normalized spacial score (nSPS) is 21.7. The molecular weight excluding hydrogens is 267 g/mol. The second-order valence-corrected chi connectivity index (χ2v) is 4.27. The summed E-state index contributed by atoms with van der Waals surface area (Å²) in [4.78, 5) is 35.0. The quantitative estimate of drug-likeness (QED) is 0.675. The molecule has 6 nitrogen and oxygen atoms in total. The number of hydrogen-bond acceptors (Lipinski definition) is 4. The van der Waals surface area contributed by atoms with Gasteiger partial charge in [-0.2, -0.15) is 13.2 Å². The van der Waals surface area contributed by atoms with Crippen LogP contribution in [0.5, 0.6) is 0 Å². The summed E-state index contributed by atoms with van der Waals surface area (Å²) in [6.07, 6.45) is -4.60. The molecule has 3 amide bonds. The molecule has 1 heterocycles. The minimum absolute atomic E-state index is 0.105. The summed E-state index contributed by atoms with van der Waals surface area (Å²) in [5.74, 6) is -1.78. The smallest absolute Gasteiger partial charge is 0.346 e. The monoisotopic (exact) mass is 281 g/mol. The molecule has 1 saturated heterocycles. The zero-order chi connectivity index (χ0) is 14.8. The lowest BCUT2D eigenvalue weighted by Gasteiger charge is -2.18. The fourth-order valence-electron chi connectivity index (χ4n) is 1.60. The maximum Gasteiger partial charge on any atom is 0.405 e. The van der Waals surface area contributed by atoms with Gasteiger partial charge in [-0.1, -0.05) is 0 Å². The van der Waals surface area contributed by atoms with Gasteiger partial charge in [-0.05, 0) is 6.92 Å². The largest absolute Gasteiger partial charge is 0.405 e. The first-order valence-electron chi connectivity index (χ1n) is 5.52. The van der Waals surface area contributed by atoms with Crippen LogP contribution in [0, 0.1) is 0 Å². The maximum atomic E-state index is 11.9.